The number of aromatic hydroxyl groups is 1. The van der Waals surface area contributed by atoms with Crippen LogP contribution in [0, 0.1) is 0 Å². The largest absolute Gasteiger partial charge is 0.507 e. The van der Waals surface area contributed by atoms with E-state index in [0.717, 1.165) is 0 Å². The average molecular weight is 291 g/mol. The summed E-state index contributed by atoms with van der Waals surface area (Å²) < 4.78 is 0. The highest BCUT2D eigenvalue weighted by Gasteiger charge is 2.21. The molecule has 0 amide bonds. The summed E-state index contributed by atoms with van der Waals surface area (Å²) in [6, 6.07) is 4.70. The third-order valence-electron chi connectivity index (χ3n) is 2.62. The molecule has 8 heteroatoms. The van der Waals surface area contributed by atoms with Crippen LogP contribution < -0.4 is 5.73 Å². The van der Waals surface area contributed by atoms with E-state index in [-0.39, 0.29) is 17.7 Å². The zero-order valence-corrected chi connectivity index (χ0v) is 10.9. The third kappa shape index (κ3) is 3.80. The van der Waals surface area contributed by atoms with Crippen molar-refractivity contribution in [3.63, 3.8) is 0 Å². The maximum absolute atomic E-state index is 11.6. The van der Waals surface area contributed by atoms with Crippen molar-refractivity contribution in [2.75, 3.05) is 0 Å². The number of carbonyl (C=O) groups excluding carboxylic acids is 2. The van der Waals surface area contributed by atoms with Crippen molar-refractivity contribution in [1.29, 1.82) is 0 Å². The molecule has 110 valence electrons. The lowest BCUT2D eigenvalue weighted by atomic mass is 10.2. The first-order valence-electron chi connectivity index (χ1n) is 6.01. The second-order valence-electron chi connectivity index (χ2n) is 4.18. The van der Waals surface area contributed by atoms with Gasteiger partial charge in [-0.25, -0.2) is 24.3 Å². The fourth-order valence-electron chi connectivity index (χ4n) is 1.55. The number of nitrogens with zero attached hydrogens (tertiary/aromatic N) is 1. The Kier molecular flexibility index (Phi) is 4.52. The number of imidazole rings is 1. The van der Waals surface area contributed by atoms with Crippen LogP contribution in [0.3, 0.4) is 0 Å². The summed E-state index contributed by atoms with van der Waals surface area (Å²) in [4.78, 5) is 38.4. The normalized spacial score (nSPS) is 11.7. The minimum absolute atomic E-state index is 0.118. The lowest BCUT2D eigenvalue weighted by Crippen LogP contribution is -2.35. The number of aromatic nitrogens is 2. The minimum Gasteiger partial charge on any atom is -0.507 e. The number of hydrogen-bond donors (Lipinski definition) is 3. The van der Waals surface area contributed by atoms with E-state index in [0.29, 0.717) is 5.69 Å². The molecule has 8 nitrogen and oxygen atoms in total. The Morgan fingerprint density at radius 3 is 2.76 bits per heavy atom. The van der Waals surface area contributed by atoms with E-state index in [2.05, 4.69) is 19.7 Å². The zero-order valence-electron chi connectivity index (χ0n) is 10.9. The van der Waals surface area contributed by atoms with E-state index in [4.69, 9.17) is 5.73 Å². The number of phenolic OH excluding ortho intramolecular Hbond substituents is 1. The highest BCUT2D eigenvalue weighted by atomic mass is 17.2. The predicted molar refractivity (Wildman–Crippen MR) is 69.9 cm³/mol. The van der Waals surface area contributed by atoms with Crippen LogP contribution in [-0.4, -0.2) is 33.1 Å². The molecule has 0 saturated carbocycles. The first-order chi connectivity index (χ1) is 10.1. The van der Waals surface area contributed by atoms with Crippen LogP contribution in [0.2, 0.25) is 0 Å². The highest BCUT2D eigenvalue weighted by Crippen LogP contribution is 2.16. The smallest absolute Gasteiger partial charge is 0.390 e. The molecule has 0 aliphatic rings. The third-order valence-corrected chi connectivity index (χ3v) is 2.62. The van der Waals surface area contributed by atoms with Crippen molar-refractivity contribution in [1.82, 2.24) is 9.97 Å². The molecule has 1 unspecified atom stereocenters. The molecule has 4 N–H and O–H groups in total. The molecule has 0 spiro atoms. The summed E-state index contributed by atoms with van der Waals surface area (Å²) in [5.41, 5.74) is 6.13. The Bertz CT molecular complexity index is 626. The van der Waals surface area contributed by atoms with Crippen LogP contribution in [0.15, 0.2) is 36.8 Å². The van der Waals surface area contributed by atoms with Crippen molar-refractivity contribution in [3.8, 4) is 5.75 Å². The summed E-state index contributed by atoms with van der Waals surface area (Å²) in [6.45, 7) is 0. The van der Waals surface area contributed by atoms with Gasteiger partial charge in [0.05, 0.1) is 6.33 Å². The van der Waals surface area contributed by atoms with Gasteiger partial charge in [-0.1, -0.05) is 12.1 Å². The van der Waals surface area contributed by atoms with Gasteiger partial charge in [-0.15, -0.1) is 0 Å². The molecule has 1 atom stereocenters. The highest BCUT2D eigenvalue weighted by molar-refractivity contribution is 5.92. The van der Waals surface area contributed by atoms with E-state index in [9.17, 15) is 14.7 Å². The van der Waals surface area contributed by atoms with Crippen LogP contribution in [0.25, 0.3) is 0 Å². The van der Waals surface area contributed by atoms with Crippen LogP contribution in [-0.2, 0) is 21.0 Å². The molecule has 2 rings (SSSR count). The SMILES string of the molecule is NC(Cc1cnc[nH]1)C(=O)OOC(=O)c1ccccc1O. The zero-order chi connectivity index (χ0) is 15.2. The number of hydrogen-bond acceptors (Lipinski definition) is 7. The summed E-state index contributed by atoms with van der Waals surface area (Å²) in [7, 11) is 0. The molecule has 1 aromatic carbocycles. The van der Waals surface area contributed by atoms with Crippen LogP contribution in [0.1, 0.15) is 16.1 Å². The lowest BCUT2D eigenvalue weighted by molar-refractivity contribution is -0.235. The van der Waals surface area contributed by atoms with Gasteiger partial charge in [-0.2, -0.15) is 0 Å². The Morgan fingerprint density at radius 1 is 1.33 bits per heavy atom. The first kappa shape index (κ1) is 14.5. The number of benzene rings is 1. The second-order valence-corrected chi connectivity index (χ2v) is 4.18. The molecule has 21 heavy (non-hydrogen) atoms. The lowest BCUT2D eigenvalue weighted by Gasteiger charge is -2.09. The molecule has 0 aliphatic heterocycles. The number of rotatable bonds is 4. The Hall–Kier alpha value is -2.87. The Balaban J connectivity index is 1.86. The summed E-state index contributed by atoms with van der Waals surface area (Å²) in [6.07, 6.45) is 3.12. The van der Waals surface area contributed by atoms with E-state index >= 15 is 0 Å². The monoisotopic (exact) mass is 291 g/mol. The van der Waals surface area contributed by atoms with Crippen LogP contribution in [0.5, 0.6) is 5.75 Å². The van der Waals surface area contributed by atoms with Gasteiger partial charge < -0.3 is 15.8 Å². The van der Waals surface area contributed by atoms with Crippen molar-refractivity contribution >= 4 is 11.9 Å². The fraction of sp³-hybridized carbons (Fsp3) is 0.154. The number of carbonyl (C=O) groups is 2. The molecule has 1 aromatic heterocycles. The number of nitrogens with one attached hydrogen (secondary N) is 1. The quantitative estimate of drug-likeness (QED) is 0.546. The molecule has 0 bridgehead atoms. The van der Waals surface area contributed by atoms with Gasteiger partial charge in [0.25, 0.3) is 0 Å². The molecule has 0 aliphatic carbocycles. The maximum atomic E-state index is 11.6. The van der Waals surface area contributed by atoms with Crippen molar-refractivity contribution in [3.05, 3.63) is 48.0 Å². The van der Waals surface area contributed by atoms with Gasteiger partial charge in [0, 0.05) is 18.3 Å². The Labute approximate surface area is 119 Å². The molecular weight excluding hydrogens is 278 g/mol. The van der Waals surface area contributed by atoms with E-state index in [1.165, 1.54) is 30.7 Å². The fourth-order valence-corrected chi connectivity index (χ4v) is 1.55. The standard InChI is InChI=1S/C13H13N3O5/c14-10(5-8-6-15-7-16-8)13(19)21-20-12(18)9-3-1-2-4-11(9)17/h1-4,6-7,10,17H,5,14H2,(H,15,16). The summed E-state index contributed by atoms with van der Waals surface area (Å²) in [5, 5.41) is 9.45. The maximum Gasteiger partial charge on any atom is 0.390 e. The van der Waals surface area contributed by atoms with Crippen molar-refractivity contribution in [2.45, 2.75) is 12.5 Å². The Morgan fingerprint density at radius 2 is 2.10 bits per heavy atom. The average Bonchev–Trinajstić information content (AvgIpc) is 2.97. The van der Waals surface area contributed by atoms with E-state index in [1.54, 1.807) is 6.07 Å². The van der Waals surface area contributed by atoms with Crippen LogP contribution >= 0.6 is 0 Å². The topological polar surface area (TPSA) is 128 Å². The first-order valence-corrected chi connectivity index (χ1v) is 6.01. The van der Waals surface area contributed by atoms with Crippen molar-refractivity contribution in [2.24, 2.45) is 5.73 Å². The van der Waals surface area contributed by atoms with Gasteiger partial charge in [-0.05, 0) is 12.1 Å². The number of H-pyrrole nitrogens is 1. The van der Waals surface area contributed by atoms with Gasteiger partial charge >= 0.3 is 11.9 Å². The van der Waals surface area contributed by atoms with Gasteiger partial charge in [0.15, 0.2) is 0 Å². The molecule has 0 fully saturated rings. The molecular formula is C13H13N3O5. The number of phenols is 1. The van der Waals surface area contributed by atoms with Crippen molar-refractivity contribution < 1.29 is 24.5 Å². The second kappa shape index (κ2) is 6.53. The van der Waals surface area contributed by atoms with Crippen LogP contribution in [0.4, 0.5) is 0 Å². The summed E-state index contributed by atoms with van der Waals surface area (Å²) in [5.74, 6) is -2.18. The summed E-state index contributed by atoms with van der Waals surface area (Å²) >= 11 is 0. The minimum atomic E-state index is -1.01. The molecule has 0 saturated heterocycles. The molecule has 2 aromatic rings. The number of para-hydroxylation sites is 1. The van der Waals surface area contributed by atoms with Gasteiger partial charge in [0.2, 0.25) is 0 Å². The van der Waals surface area contributed by atoms with Gasteiger partial charge in [-0.3, -0.25) is 0 Å². The molecule has 1 heterocycles. The van der Waals surface area contributed by atoms with E-state index in [1.807, 2.05) is 0 Å². The number of nitrogens with two attached hydrogens (primary N) is 1. The number of aromatic amines is 1. The predicted octanol–water partition coefficient (Wildman–Crippen LogP) is 0.300. The van der Waals surface area contributed by atoms with E-state index < -0.39 is 18.0 Å². The molecule has 0 radical (unpaired) electrons. The van der Waals surface area contributed by atoms with Gasteiger partial charge in [0.1, 0.15) is 17.4 Å².